The molecule has 0 amide bonds. The Morgan fingerprint density at radius 3 is 2.73 bits per heavy atom. The van der Waals surface area contributed by atoms with E-state index < -0.39 is 6.10 Å². The van der Waals surface area contributed by atoms with Crippen LogP contribution in [0.15, 0.2) is 0 Å². The maximum atomic E-state index is 11.7. The number of rotatable bonds is 2. The summed E-state index contributed by atoms with van der Waals surface area (Å²) in [5.74, 6) is 0.242. The van der Waals surface area contributed by atoms with Gasteiger partial charge in [-0.25, -0.2) is 0 Å². The van der Waals surface area contributed by atoms with E-state index in [1.807, 2.05) is 4.90 Å². The van der Waals surface area contributed by atoms with Crippen LogP contribution in [0.1, 0.15) is 25.7 Å². The summed E-state index contributed by atoms with van der Waals surface area (Å²) in [5, 5.41) is 18.7. The van der Waals surface area contributed by atoms with Gasteiger partial charge in [-0.3, -0.25) is 9.69 Å². The van der Waals surface area contributed by atoms with Crippen molar-refractivity contribution < 1.29 is 15.0 Å². The number of ketones is 1. The molecule has 1 aliphatic heterocycles. The maximum absolute atomic E-state index is 11.7. The fraction of sp³-hybridized carbons (Fsp3) is 0.909. The van der Waals surface area contributed by atoms with Gasteiger partial charge in [0.15, 0.2) is 0 Å². The number of nitrogens with zero attached hydrogens (tertiary/aromatic N) is 1. The van der Waals surface area contributed by atoms with E-state index in [0.29, 0.717) is 25.3 Å². The Kier molecular flexibility index (Phi) is 3.38. The van der Waals surface area contributed by atoms with E-state index in [2.05, 4.69) is 0 Å². The molecule has 2 N–H and O–H groups in total. The molecule has 0 radical (unpaired) electrons. The first-order valence-electron chi connectivity index (χ1n) is 5.78. The highest BCUT2D eigenvalue weighted by Gasteiger charge is 2.37. The number of likely N-dealkylation sites (tertiary alicyclic amines) is 1. The highest BCUT2D eigenvalue weighted by Crippen LogP contribution is 2.25. The molecule has 0 spiro atoms. The lowest BCUT2D eigenvalue weighted by atomic mass is 9.93. The van der Waals surface area contributed by atoms with Crippen LogP contribution in [-0.2, 0) is 4.79 Å². The van der Waals surface area contributed by atoms with Crippen LogP contribution in [0.3, 0.4) is 0 Å². The number of hydrogen-bond donors (Lipinski definition) is 2. The average molecular weight is 213 g/mol. The summed E-state index contributed by atoms with van der Waals surface area (Å²) >= 11 is 0. The van der Waals surface area contributed by atoms with Crippen LogP contribution in [0.25, 0.3) is 0 Å². The summed E-state index contributed by atoms with van der Waals surface area (Å²) in [4.78, 5) is 13.7. The normalized spacial score (nSPS) is 38.5. The number of carbonyl (C=O) groups excluding carboxylic acids is 1. The molecule has 0 aromatic rings. The highest BCUT2D eigenvalue weighted by molar-refractivity contribution is 5.84. The van der Waals surface area contributed by atoms with E-state index >= 15 is 0 Å². The maximum Gasteiger partial charge on any atom is 0.149 e. The lowest BCUT2D eigenvalue weighted by molar-refractivity contribution is -0.125. The quantitative estimate of drug-likeness (QED) is 0.666. The predicted molar refractivity (Wildman–Crippen MR) is 55.4 cm³/mol. The summed E-state index contributed by atoms with van der Waals surface area (Å²) in [7, 11) is 0. The van der Waals surface area contributed by atoms with E-state index in [0.717, 1.165) is 19.3 Å². The SMILES string of the molecule is O=C1CCCCC1N1CC(O)C(CO)C1. The van der Waals surface area contributed by atoms with Gasteiger partial charge in [-0.05, 0) is 12.8 Å². The first-order chi connectivity index (χ1) is 7.22. The molecule has 0 bridgehead atoms. The lowest BCUT2D eigenvalue weighted by Crippen LogP contribution is -2.42. The van der Waals surface area contributed by atoms with E-state index in [-0.39, 0.29) is 18.6 Å². The molecule has 1 saturated carbocycles. The summed E-state index contributed by atoms with van der Waals surface area (Å²) < 4.78 is 0. The fourth-order valence-electron chi connectivity index (χ4n) is 2.67. The second-order valence-corrected chi connectivity index (χ2v) is 4.69. The van der Waals surface area contributed by atoms with Crippen molar-refractivity contribution in [1.82, 2.24) is 4.90 Å². The number of carbonyl (C=O) groups is 1. The minimum Gasteiger partial charge on any atom is -0.396 e. The van der Waals surface area contributed by atoms with Crippen molar-refractivity contribution in [3.05, 3.63) is 0 Å². The number of aliphatic hydroxyl groups excluding tert-OH is 2. The standard InChI is InChI=1S/C11H19NO3/c13-7-8-5-12(6-11(8)15)9-3-1-2-4-10(9)14/h8-9,11,13,15H,1-7H2. The van der Waals surface area contributed by atoms with Crippen molar-refractivity contribution in [2.24, 2.45) is 5.92 Å². The molecule has 86 valence electrons. The largest absolute Gasteiger partial charge is 0.396 e. The Hall–Kier alpha value is -0.450. The monoisotopic (exact) mass is 213 g/mol. The van der Waals surface area contributed by atoms with E-state index in [1.165, 1.54) is 0 Å². The topological polar surface area (TPSA) is 60.8 Å². The minimum atomic E-state index is -0.468. The average Bonchev–Trinajstić information content (AvgIpc) is 2.60. The molecule has 15 heavy (non-hydrogen) atoms. The molecule has 1 heterocycles. The number of β-amino-alcohol motifs (C(OH)–C–C–N with tert-alkyl or cyclic N) is 1. The lowest BCUT2D eigenvalue weighted by Gasteiger charge is -2.29. The zero-order valence-electron chi connectivity index (χ0n) is 8.93. The Morgan fingerprint density at radius 2 is 2.13 bits per heavy atom. The van der Waals surface area contributed by atoms with Gasteiger partial charge in [0, 0.05) is 32.0 Å². The molecule has 1 aliphatic carbocycles. The molecule has 3 unspecified atom stereocenters. The molecule has 2 aliphatic rings. The molecule has 0 aromatic carbocycles. The van der Waals surface area contributed by atoms with Gasteiger partial charge in [0.1, 0.15) is 5.78 Å². The Bertz CT molecular complexity index is 244. The second kappa shape index (κ2) is 4.60. The van der Waals surface area contributed by atoms with Crippen LogP contribution in [-0.4, -0.2) is 52.7 Å². The van der Waals surface area contributed by atoms with Crippen LogP contribution < -0.4 is 0 Å². The van der Waals surface area contributed by atoms with Crippen molar-refractivity contribution in [3.8, 4) is 0 Å². The van der Waals surface area contributed by atoms with Crippen molar-refractivity contribution in [2.45, 2.75) is 37.8 Å². The zero-order valence-corrected chi connectivity index (χ0v) is 8.93. The van der Waals surface area contributed by atoms with Crippen molar-refractivity contribution >= 4 is 5.78 Å². The molecule has 2 rings (SSSR count). The van der Waals surface area contributed by atoms with Gasteiger partial charge in [-0.15, -0.1) is 0 Å². The third-order valence-corrected chi connectivity index (χ3v) is 3.63. The molecular weight excluding hydrogens is 194 g/mol. The van der Waals surface area contributed by atoms with Crippen molar-refractivity contribution in [3.63, 3.8) is 0 Å². The molecule has 3 atom stereocenters. The van der Waals surface area contributed by atoms with Crippen LogP contribution in [0, 0.1) is 5.92 Å². The Labute approximate surface area is 89.9 Å². The van der Waals surface area contributed by atoms with Gasteiger partial charge in [0.2, 0.25) is 0 Å². The van der Waals surface area contributed by atoms with E-state index in [1.54, 1.807) is 0 Å². The zero-order chi connectivity index (χ0) is 10.8. The molecular formula is C11H19NO3. The van der Waals surface area contributed by atoms with E-state index in [9.17, 15) is 9.90 Å². The molecule has 2 fully saturated rings. The fourth-order valence-corrected chi connectivity index (χ4v) is 2.67. The number of hydrogen-bond acceptors (Lipinski definition) is 4. The van der Waals surface area contributed by atoms with Gasteiger partial charge in [-0.2, -0.15) is 0 Å². The van der Waals surface area contributed by atoms with Gasteiger partial charge in [0.25, 0.3) is 0 Å². The van der Waals surface area contributed by atoms with Crippen LogP contribution in [0.2, 0.25) is 0 Å². The molecule has 1 saturated heterocycles. The summed E-state index contributed by atoms with van der Waals surface area (Å²) in [6.45, 7) is 1.22. The Morgan fingerprint density at radius 1 is 1.33 bits per heavy atom. The van der Waals surface area contributed by atoms with Crippen LogP contribution >= 0.6 is 0 Å². The van der Waals surface area contributed by atoms with Gasteiger partial charge in [-0.1, -0.05) is 6.42 Å². The number of Topliss-reactive ketones (excluding diaryl/α,β-unsaturated/α-hetero) is 1. The first-order valence-corrected chi connectivity index (χ1v) is 5.78. The van der Waals surface area contributed by atoms with E-state index in [4.69, 9.17) is 5.11 Å². The number of aliphatic hydroxyl groups is 2. The van der Waals surface area contributed by atoms with Crippen LogP contribution in [0.5, 0.6) is 0 Å². The smallest absolute Gasteiger partial charge is 0.149 e. The molecule has 0 aromatic heterocycles. The van der Waals surface area contributed by atoms with Gasteiger partial charge < -0.3 is 10.2 Å². The minimum absolute atomic E-state index is 0.00458. The molecule has 4 nitrogen and oxygen atoms in total. The second-order valence-electron chi connectivity index (χ2n) is 4.69. The van der Waals surface area contributed by atoms with Crippen LogP contribution in [0.4, 0.5) is 0 Å². The summed E-state index contributed by atoms with van der Waals surface area (Å²) in [5.41, 5.74) is 0. The molecule has 4 heteroatoms. The third kappa shape index (κ3) is 2.22. The first kappa shape index (κ1) is 11.0. The Balaban J connectivity index is 1.96. The van der Waals surface area contributed by atoms with Gasteiger partial charge in [0.05, 0.1) is 12.1 Å². The van der Waals surface area contributed by atoms with Crippen molar-refractivity contribution in [1.29, 1.82) is 0 Å². The third-order valence-electron chi connectivity index (χ3n) is 3.63. The predicted octanol–water partition coefficient (Wildman–Crippen LogP) is -0.217. The van der Waals surface area contributed by atoms with Gasteiger partial charge >= 0.3 is 0 Å². The summed E-state index contributed by atoms with van der Waals surface area (Å²) in [6.07, 6.45) is 3.25. The highest BCUT2D eigenvalue weighted by atomic mass is 16.3. The summed E-state index contributed by atoms with van der Waals surface area (Å²) in [6, 6.07) is 0.00458. The van der Waals surface area contributed by atoms with Crippen molar-refractivity contribution in [2.75, 3.05) is 19.7 Å².